The summed E-state index contributed by atoms with van der Waals surface area (Å²) >= 11 is 0. The number of allylic oxidation sites excluding steroid dienone is 2. The zero-order chi connectivity index (χ0) is 20.1. The van der Waals surface area contributed by atoms with E-state index in [4.69, 9.17) is 18.9 Å². The van der Waals surface area contributed by atoms with E-state index in [0.29, 0.717) is 6.42 Å². The van der Waals surface area contributed by atoms with E-state index in [1.165, 1.54) is 13.8 Å². The van der Waals surface area contributed by atoms with Crippen LogP contribution < -0.4 is 0 Å². The van der Waals surface area contributed by atoms with Gasteiger partial charge in [-0.3, -0.25) is 9.59 Å². The summed E-state index contributed by atoms with van der Waals surface area (Å²) in [5, 5.41) is 0. The molecule has 0 N–H and O–H groups in total. The van der Waals surface area contributed by atoms with Crippen molar-refractivity contribution in [3.63, 3.8) is 0 Å². The Hall–Kier alpha value is -2.38. The second-order valence-corrected chi connectivity index (χ2v) is 6.66. The van der Waals surface area contributed by atoms with Crippen LogP contribution in [0.15, 0.2) is 12.2 Å². The van der Waals surface area contributed by atoms with Gasteiger partial charge < -0.3 is 18.9 Å². The van der Waals surface area contributed by atoms with Crippen molar-refractivity contribution in [2.75, 3.05) is 13.2 Å². The van der Waals surface area contributed by atoms with E-state index < -0.39 is 47.9 Å². The molecule has 0 radical (unpaired) electrons. The Bertz CT molecular complexity index is 573. The fourth-order valence-electron chi connectivity index (χ4n) is 3.59. The minimum Gasteiger partial charge on any atom is -0.463 e. The van der Waals surface area contributed by atoms with Gasteiger partial charge in [-0.25, -0.2) is 9.59 Å². The van der Waals surface area contributed by atoms with Crippen LogP contribution in [0.2, 0.25) is 0 Å². The van der Waals surface area contributed by atoms with Crippen LogP contribution in [0.3, 0.4) is 0 Å². The Morgan fingerprint density at radius 2 is 1.19 bits per heavy atom. The number of hydrogen-bond donors (Lipinski definition) is 0. The molecule has 0 spiro atoms. The first-order chi connectivity index (χ1) is 12.8. The highest BCUT2D eigenvalue weighted by atomic mass is 16.6. The van der Waals surface area contributed by atoms with Crippen LogP contribution >= 0.6 is 0 Å². The molecule has 0 unspecified atom stereocenters. The minimum atomic E-state index is -1.06. The lowest BCUT2D eigenvalue weighted by Crippen LogP contribution is -2.40. The van der Waals surface area contributed by atoms with Crippen molar-refractivity contribution >= 4 is 23.9 Å². The largest absolute Gasteiger partial charge is 0.463 e. The first kappa shape index (κ1) is 20.9. The van der Waals surface area contributed by atoms with Gasteiger partial charge in [0.2, 0.25) is 0 Å². The average molecular weight is 382 g/mol. The van der Waals surface area contributed by atoms with E-state index >= 15 is 0 Å². The van der Waals surface area contributed by atoms with Gasteiger partial charge in [-0.1, -0.05) is 12.2 Å². The quantitative estimate of drug-likeness (QED) is 0.352. The maximum absolute atomic E-state index is 12.6. The zero-order valence-corrected chi connectivity index (χ0v) is 16.0. The van der Waals surface area contributed by atoms with E-state index in [0.717, 1.165) is 0 Å². The monoisotopic (exact) mass is 382 g/mol. The lowest BCUT2D eigenvalue weighted by Gasteiger charge is -2.26. The van der Waals surface area contributed by atoms with Gasteiger partial charge in [0.1, 0.15) is 0 Å². The van der Waals surface area contributed by atoms with E-state index in [1.54, 1.807) is 13.8 Å². The molecule has 1 saturated carbocycles. The second-order valence-electron chi connectivity index (χ2n) is 6.66. The summed E-state index contributed by atoms with van der Waals surface area (Å²) in [6.07, 6.45) is 2.27. The summed E-state index contributed by atoms with van der Waals surface area (Å²) in [7, 11) is 0. The molecule has 8 heteroatoms. The van der Waals surface area contributed by atoms with Crippen molar-refractivity contribution in [3.8, 4) is 0 Å². The van der Waals surface area contributed by atoms with Crippen molar-refractivity contribution < 1.29 is 38.1 Å². The predicted octanol–water partition coefficient (Wildman–Crippen LogP) is 1.41. The van der Waals surface area contributed by atoms with Crippen LogP contribution in [0.4, 0.5) is 0 Å². The zero-order valence-electron chi connectivity index (χ0n) is 16.0. The lowest BCUT2D eigenvalue weighted by molar-refractivity contribution is -0.176. The highest BCUT2D eigenvalue weighted by Gasteiger charge is 2.53. The summed E-state index contributed by atoms with van der Waals surface area (Å²) in [6.45, 7) is 6.52. The van der Waals surface area contributed by atoms with Crippen LogP contribution in [0.1, 0.15) is 34.1 Å². The molecule has 0 aliphatic heterocycles. The standard InChI is InChI=1S/C19H26O8/c1-5-24-16(20)10(3)26-18(22)14-12-7-8-13(9-12)15(14)19(23)27-11(4)17(21)25-6-2/h7-8,10-15H,5-6,9H2,1-4H3/t10-,11-,12-,13+,14+,15+/m0/s1. The molecule has 2 rings (SSSR count). The summed E-state index contributed by atoms with van der Waals surface area (Å²) in [5.41, 5.74) is 0. The third kappa shape index (κ3) is 4.67. The van der Waals surface area contributed by atoms with E-state index in [2.05, 4.69) is 0 Å². The van der Waals surface area contributed by atoms with Crippen molar-refractivity contribution in [2.24, 2.45) is 23.7 Å². The van der Waals surface area contributed by atoms with Gasteiger partial charge in [0.25, 0.3) is 0 Å². The number of esters is 4. The Balaban J connectivity index is 2.05. The van der Waals surface area contributed by atoms with Crippen molar-refractivity contribution in [3.05, 3.63) is 12.2 Å². The summed E-state index contributed by atoms with van der Waals surface area (Å²) in [5.74, 6) is -4.38. The Morgan fingerprint density at radius 3 is 1.52 bits per heavy atom. The fourth-order valence-corrected chi connectivity index (χ4v) is 3.59. The Morgan fingerprint density at radius 1 is 0.815 bits per heavy atom. The number of fused-ring (bicyclic) bond motifs is 2. The molecular formula is C19H26O8. The molecule has 0 saturated heterocycles. The third-order valence-corrected chi connectivity index (χ3v) is 4.83. The number of hydrogen-bond acceptors (Lipinski definition) is 8. The average Bonchev–Trinajstić information content (AvgIpc) is 3.23. The number of rotatable bonds is 8. The van der Waals surface area contributed by atoms with Gasteiger partial charge in [-0.15, -0.1) is 0 Å². The van der Waals surface area contributed by atoms with Gasteiger partial charge in [-0.2, -0.15) is 0 Å². The van der Waals surface area contributed by atoms with Crippen LogP contribution in [-0.4, -0.2) is 49.3 Å². The molecule has 27 heavy (non-hydrogen) atoms. The molecule has 2 bridgehead atoms. The summed E-state index contributed by atoms with van der Waals surface area (Å²) < 4.78 is 20.1. The van der Waals surface area contributed by atoms with E-state index in [1.807, 2.05) is 12.2 Å². The Kier molecular flexibility index (Phi) is 6.98. The molecule has 8 nitrogen and oxygen atoms in total. The van der Waals surface area contributed by atoms with Gasteiger partial charge in [-0.05, 0) is 46.0 Å². The smallest absolute Gasteiger partial charge is 0.347 e. The highest BCUT2D eigenvalue weighted by molar-refractivity contribution is 5.87. The topological polar surface area (TPSA) is 105 Å². The maximum Gasteiger partial charge on any atom is 0.347 e. The molecule has 150 valence electrons. The molecule has 0 aromatic carbocycles. The number of carbonyl (C=O) groups is 4. The summed E-state index contributed by atoms with van der Waals surface area (Å²) in [4.78, 5) is 48.6. The maximum atomic E-state index is 12.6. The highest BCUT2D eigenvalue weighted by Crippen LogP contribution is 2.49. The molecule has 0 aromatic heterocycles. The molecule has 0 aromatic rings. The third-order valence-electron chi connectivity index (χ3n) is 4.83. The van der Waals surface area contributed by atoms with Crippen molar-refractivity contribution in [2.45, 2.75) is 46.3 Å². The van der Waals surface area contributed by atoms with Crippen LogP contribution in [-0.2, 0) is 38.1 Å². The number of carbonyl (C=O) groups excluding carboxylic acids is 4. The molecule has 2 aliphatic carbocycles. The fraction of sp³-hybridized carbons (Fsp3) is 0.684. The first-order valence-electron chi connectivity index (χ1n) is 9.22. The summed E-state index contributed by atoms with van der Waals surface area (Å²) in [6, 6.07) is 0. The van der Waals surface area contributed by atoms with Gasteiger partial charge in [0.05, 0.1) is 25.0 Å². The molecule has 0 heterocycles. The van der Waals surface area contributed by atoms with Crippen LogP contribution in [0.5, 0.6) is 0 Å². The molecular weight excluding hydrogens is 356 g/mol. The first-order valence-corrected chi connectivity index (χ1v) is 9.22. The van der Waals surface area contributed by atoms with E-state index in [-0.39, 0.29) is 25.0 Å². The second kappa shape index (κ2) is 9.01. The molecule has 6 atom stereocenters. The predicted molar refractivity (Wildman–Crippen MR) is 92.1 cm³/mol. The Labute approximate surface area is 158 Å². The van der Waals surface area contributed by atoms with Crippen molar-refractivity contribution in [1.82, 2.24) is 0 Å². The van der Waals surface area contributed by atoms with E-state index in [9.17, 15) is 19.2 Å². The normalized spacial score (nSPS) is 27.6. The minimum absolute atomic E-state index is 0.160. The molecule has 1 fully saturated rings. The van der Waals surface area contributed by atoms with Crippen molar-refractivity contribution in [1.29, 1.82) is 0 Å². The SMILES string of the molecule is CCOC(=O)[C@H](C)OC(=O)[C@H]1[C@H](C(=O)O[C@@H](C)C(=O)OCC)[C@H]2C=C[C@@H]1C2. The molecule has 2 aliphatic rings. The van der Waals surface area contributed by atoms with Gasteiger partial charge in [0.15, 0.2) is 12.2 Å². The van der Waals surface area contributed by atoms with Gasteiger partial charge >= 0.3 is 23.9 Å². The van der Waals surface area contributed by atoms with Crippen LogP contribution in [0.25, 0.3) is 0 Å². The molecule has 0 amide bonds. The number of ether oxygens (including phenoxy) is 4. The van der Waals surface area contributed by atoms with Gasteiger partial charge in [0, 0.05) is 0 Å². The lowest BCUT2D eigenvalue weighted by atomic mass is 9.83. The van der Waals surface area contributed by atoms with Crippen LogP contribution in [0, 0.1) is 23.7 Å².